The molecule has 4 aromatic carbocycles. The normalized spacial score (nSPS) is 12.2. The van der Waals surface area contributed by atoms with Gasteiger partial charge in [-0.2, -0.15) is 0 Å². The van der Waals surface area contributed by atoms with Gasteiger partial charge in [0.15, 0.2) is 16.5 Å². The van der Waals surface area contributed by atoms with Gasteiger partial charge in [-0.15, -0.1) is 0 Å². The van der Waals surface area contributed by atoms with Crippen LogP contribution in [0.25, 0.3) is 32.8 Å². The van der Waals surface area contributed by atoms with Gasteiger partial charge in [0.1, 0.15) is 6.61 Å². The number of aryl methyl sites for hydroxylation is 2. The summed E-state index contributed by atoms with van der Waals surface area (Å²) in [5.74, 6) is 1.26. The molecule has 0 unspecified atom stereocenters. The molecule has 0 bridgehead atoms. The van der Waals surface area contributed by atoms with Crippen LogP contribution < -0.4 is 19.6 Å². The van der Waals surface area contributed by atoms with Crippen LogP contribution in [0.2, 0.25) is 0 Å². The van der Waals surface area contributed by atoms with E-state index in [1.165, 1.54) is 27.7 Å². The molecule has 5 nitrogen and oxygen atoms in total. The van der Waals surface area contributed by atoms with E-state index in [9.17, 15) is 4.79 Å². The number of aromatic nitrogens is 2. The summed E-state index contributed by atoms with van der Waals surface area (Å²) in [6.07, 6.45) is 1.88. The van der Waals surface area contributed by atoms with Crippen LogP contribution in [0, 0.1) is 13.8 Å². The SMILES string of the molecule is CCOc1cc(/C=c2\sc3nc4cc(C)c(C)cc4n3c2=O)cc(Br)c1OCc1ccc2ccccc2c1. The predicted molar refractivity (Wildman–Crippen MR) is 159 cm³/mol. The Morgan fingerprint density at radius 1 is 0.974 bits per heavy atom. The van der Waals surface area contributed by atoms with Gasteiger partial charge in [-0.3, -0.25) is 4.79 Å². The first-order valence-electron chi connectivity index (χ1n) is 12.4. The Kier molecular flexibility index (Phi) is 6.41. The van der Waals surface area contributed by atoms with E-state index in [1.807, 2.05) is 49.4 Å². The number of thiazole rings is 1. The van der Waals surface area contributed by atoms with E-state index >= 15 is 0 Å². The van der Waals surface area contributed by atoms with Crippen LogP contribution in [0.3, 0.4) is 0 Å². The van der Waals surface area contributed by atoms with Crippen LogP contribution in [0.15, 0.2) is 76.0 Å². The molecule has 38 heavy (non-hydrogen) atoms. The predicted octanol–water partition coefficient (Wildman–Crippen LogP) is 6.97. The zero-order valence-corrected chi connectivity index (χ0v) is 23.7. The lowest BCUT2D eigenvalue weighted by atomic mass is 10.1. The van der Waals surface area contributed by atoms with Gasteiger partial charge in [0.2, 0.25) is 0 Å². The van der Waals surface area contributed by atoms with Crippen molar-refractivity contribution in [2.75, 3.05) is 6.61 Å². The summed E-state index contributed by atoms with van der Waals surface area (Å²) < 4.78 is 15.3. The lowest BCUT2D eigenvalue weighted by Crippen LogP contribution is -2.22. The Balaban J connectivity index is 1.35. The second-order valence-corrected chi connectivity index (χ2v) is 11.2. The fraction of sp³-hybridized carbons (Fsp3) is 0.161. The van der Waals surface area contributed by atoms with Crippen molar-refractivity contribution >= 4 is 60.1 Å². The maximum absolute atomic E-state index is 13.4. The summed E-state index contributed by atoms with van der Waals surface area (Å²) >= 11 is 5.06. The van der Waals surface area contributed by atoms with Gasteiger partial charge >= 0.3 is 0 Å². The minimum Gasteiger partial charge on any atom is -0.490 e. The molecule has 7 heteroatoms. The number of nitrogens with zero attached hydrogens (tertiary/aromatic N) is 2. The highest BCUT2D eigenvalue weighted by Crippen LogP contribution is 2.38. The Labute approximate surface area is 232 Å². The standard InChI is InChI=1S/C31H25BrN2O3S/c1-4-36-27-15-21(14-24(32)29(27)37-17-20-9-10-22-7-5-6-8-23(22)13-20)16-28-30(35)34-26-12-19(3)18(2)11-25(26)33-31(34)38-28/h5-16H,4,17H2,1-3H3/b28-16-. The van der Waals surface area contributed by atoms with E-state index < -0.39 is 0 Å². The molecule has 0 amide bonds. The van der Waals surface area contributed by atoms with Crippen LogP contribution in [0.1, 0.15) is 29.2 Å². The van der Waals surface area contributed by atoms with Gasteiger partial charge in [-0.05, 0) is 106 Å². The minimum absolute atomic E-state index is 0.0681. The first-order valence-corrected chi connectivity index (χ1v) is 14.0. The van der Waals surface area contributed by atoms with Gasteiger partial charge in [0, 0.05) is 0 Å². The van der Waals surface area contributed by atoms with Crippen molar-refractivity contribution in [1.82, 2.24) is 9.38 Å². The molecule has 0 N–H and O–H groups in total. The van der Waals surface area contributed by atoms with Crippen molar-refractivity contribution in [2.45, 2.75) is 27.4 Å². The van der Waals surface area contributed by atoms with Crippen LogP contribution >= 0.6 is 27.3 Å². The summed E-state index contributed by atoms with van der Waals surface area (Å²) in [5.41, 5.74) is 5.84. The number of hydrogen-bond donors (Lipinski definition) is 0. The fourth-order valence-electron chi connectivity index (χ4n) is 4.63. The highest BCUT2D eigenvalue weighted by Gasteiger charge is 2.15. The summed E-state index contributed by atoms with van der Waals surface area (Å²) in [7, 11) is 0. The topological polar surface area (TPSA) is 52.8 Å². The van der Waals surface area contributed by atoms with E-state index in [0.29, 0.717) is 34.2 Å². The zero-order chi connectivity index (χ0) is 26.4. The van der Waals surface area contributed by atoms with E-state index in [4.69, 9.17) is 14.5 Å². The number of imidazole rings is 1. The quantitative estimate of drug-likeness (QED) is 0.212. The largest absolute Gasteiger partial charge is 0.490 e. The van der Waals surface area contributed by atoms with Gasteiger partial charge in [0.25, 0.3) is 5.56 Å². The molecule has 190 valence electrons. The molecule has 6 rings (SSSR count). The zero-order valence-electron chi connectivity index (χ0n) is 21.2. The molecule has 0 spiro atoms. The molecule has 0 saturated carbocycles. The van der Waals surface area contributed by atoms with Crippen molar-refractivity contribution in [1.29, 1.82) is 0 Å². The Bertz CT molecular complexity index is 1960. The summed E-state index contributed by atoms with van der Waals surface area (Å²) in [5, 5.41) is 2.38. The second kappa shape index (κ2) is 9.89. The lowest BCUT2D eigenvalue weighted by molar-refractivity contribution is 0.267. The van der Waals surface area contributed by atoms with Gasteiger partial charge < -0.3 is 9.47 Å². The third-order valence-corrected chi connectivity index (χ3v) is 8.24. The molecule has 0 radical (unpaired) electrons. The average molecular weight is 586 g/mol. The van der Waals surface area contributed by atoms with Gasteiger partial charge in [-0.25, -0.2) is 9.38 Å². The molecule has 6 aromatic rings. The maximum Gasteiger partial charge on any atom is 0.274 e. The van der Waals surface area contributed by atoms with Crippen LogP contribution in [-0.2, 0) is 6.61 Å². The average Bonchev–Trinajstić information content (AvgIpc) is 3.39. The van der Waals surface area contributed by atoms with Gasteiger partial charge in [0.05, 0.1) is 26.6 Å². The highest BCUT2D eigenvalue weighted by atomic mass is 79.9. The number of rotatable bonds is 6. The third-order valence-electron chi connectivity index (χ3n) is 6.68. The van der Waals surface area contributed by atoms with E-state index in [-0.39, 0.29) is 5.56 Å². The van der Waals surface area contributed by atoms with Crippen molar-refractivity contribution < 1.29 is 9.47 Å². The number of hydrogen-bond acceptors (Lipinski definition) is 5. The van der Waals surface area contributed by atoms with Crippen molar-refractivity contribution in [3.8, 4) is 11.5 Å². The van der Waals surface area contributed by atoms with Crippen LogP contribution in [0.5, 0.6) is 11.5 Å². The highest BCUT2D eigenvalue weighted by molar-refractivity contribution is 9.10. The Morgan fingerprint density at radius 2 is 1.76 bits per heavy atom. The van der Waals surface area contributed by atoms with Crippen LogP contribution in [0.4, 0.5) is 0 Å². The van der Waals surface area contributed by atoms with E-state index in [0.717, 1.165) is 32.2 Å². The number of fused-ring (bicyclic) bond motifs is 4. The van der Waals surface area contributed by atoms with E-state index in [1.54, 1.807) is 4.40 Å². The summed E-state index contributed by atoms with van der Waals surface area (Å²) in [4.78, 5) is 18.7. The molecule has 0 aliphatic rings. The van der Waals surface area contributed by atoms with Crippen LogP contribution in [-0.4, -0.2) is 16.0 Å². The monoisotopic (exact) mass is 584 g/mol. The Hall–Kier alpha value is -3.68. The number of ether oxygens (including phenoxy) is 2. The lowest BCUT2D eigenvalue weighted by Gasteiger charge is -2.15. The van der Waals surface area contributed by atoms with Crippen molar-refractivity contribution in [3.05, 3.63) is 108 Å². The molecule has 0 atom stereocenters. The van der Waals surface area contributed by atoms with Crippen molar-refractivity contribution in [2.24, 2.45) is 0 Å². The van der Waals surface area contributed by atoms with Gasteiger partial charge in [-0.1, -0.05) is 47.7 Å². The second-order valence-electron chi connectivity index (χ2n) is 9.30. The third kappa shape index (κ3) is 4.46. The molecule has 0 aliphatic carbocycles. The molecule has 2 heterocycles. The summed E-state index contributed by atoms with van der Waals surface area (Å²) in [6, 6.07) is 22.5. The molecular weight excluding hydrogens is 560 g/mol. The number of benzene rings is 4. The Morgan fingerprint density at radius 3 is 2.58 bits per heavy atom. The molecule has 0 fully saturated rings. The molecular formula is C31H25BrN2O3S. The minimum atomic E-state index is -0.0681. The van der Waals surface area contributed by atoms with Crippen molar-refractivity contribution in [3.63, 3.8) is 0 Å². The first-order chi connectivity index (χ1) is 18.4. The number of halogens is 1. The fourth-order valence-corrected chi connectivity index (χ4v) is 6.19. The molecule has 0 saturated heterocycles. The summed E-state index contributed by atoms with van der Waals surface area (Å²) in [6.45, 7) is 6.95. The van der Waals surface area contributed by atoms with E-state index in [2.05, 4.69) is 60.1 Å². The first kappa shape index (κ1) is 24.6. The molecule has 2 aromatic heterocycles. The maximum atomic E-state index is 13.4. The smallest absolute Gasteiger partial charge is 0.274 e. The molecule has 0 aliphatic heterocycles.